The molecule has 0 amide bonds. The van der Waals surface area contributed by atoms with Gasteiger partial charge in [0.15, 0.2) is 0 Å². The Balaban J connectivity index is 2.56. The Morgan fingerprint density at radius 1 is 1.33 bits per heavy atom. The molecule has 1 fully saturated rings. The van der Waals surface area contributed by atoms with E-state index in [9.17, 15) is 5.11 Å². The third-order valence-electron chi connectivity index (χ3n) is 3.09. The molecule has 0 aromatic rings. The van der Waals surface area contributed by atoms with E-state index in [0.717, 1.165) is 19.7 Å². The number of nitrogens with zero attached hydrogens (tertiary/aromatic N) is 1. The maximum atomic E-state index is 10.2. The first-order valence-corrected chi connectivity index (χ1v) is 5.86. The monoisotopic (exact) mass is 215 g/mol. The van der Waals surface area contributed by atoms with Gasteiger partial charge in [0.05, 0.1) is 18.8 Å². The van der Waals surface area contributed by atoms with Crippen molar-refractivity contribution in [2.45, 2.75) is 52.9 Å². The lowest BCUT2D eigenvalue weighted by Crippen LogP contribution is -2.53. The Morgan fingerprint density at radius 2 is 1.93 bits per heavy atom. The summed E-state index contributed by atoms with van der Waals surface area (Å²) in [6.07, 6.45) is -0.430. The van der Waals surface area contributed by atoms with Crippen LogP contribution in [0.5, 0.6) is 0 Å². The second-order valence-corrected chi connectivity index (χ2v) is 5.81. The van der Waals surface area contributed by atoms with E-state index in [1.54, 1.807) is 0 Å². The zero-order chi connectivity index (χ0) is 11.6. The molecule has 15 heavy (non-hydrogen) atoms. The van der Waals surface area contributed by atoms with Gasteiger partial charge in [0.2, 0.25) is 0 Å². The Kier molecular flexibility index (Phi) is 4.15. The van der Waals surface area contributed by atoms with Crippen LogP contribution >= 0.6 is 0 Å². The molecule has 90 valence electrons. The normalized spacial score (nSPS) is 27.0. The van der Waals surface area contributed by atoms with E-state index in [1.807, 2.05) is 0 Å². The van der Waals surface area contributed by atoms with E-state index >= 15 is 0 Å². The second-order valence-electron chi connectivity index (χ2n) is 5.81. The standard InChI is InChI=1S/C12H25NO2/c1-9(2)13-6-7-15-10(8-13)11(14)12(3,4)5/h9-11,14H,6-8H2,1-5H3. The van der Waals surface area contributed by atoms with Crippen LogP contribution in [0, 0.1) is 5.41 Å². The van der Waals surface area contributed by atoms with Gasteiger partial charge in [-0.25, -0.2) is 0 Å². The summed E-state index contributed by atoms with van der Waals surface area (Å²) >= 11 is 0. The molecular weight excluding hydrogens is 190 g/mol. The average Bonchev–Trinajstić information content (AvgIpc) is 2.15. The van der Waals surface area contributed by atoms with Crippen molar-refractivity contribution in [1.82, 2.24) is 4.90 Å². The highest BCUT2D eigenvalue weighted by atomic mass is 16.5. The van der Waals surface area contributed by atoms with Crippen LogP contribution in [0.3, 0.4) is 0 Å². The summed E-state index contributed by atoms with van der Waals surface area (Å²) in [5, 5.41) is 10.2. The summed E-state index contributed by atoms with van der Waals surface area (Å²) < 4.78 is 5.65. The smallest absolute Gasteiger partial charge is 0.0966 e. The summed E-state index contributed by atoms with van der Waals surface area (Å²) in [5.41, 5.74) is -0.106. The summed E-state index contributed by atoms with van der Waals surface area (Å²) in [6, 6.07) is 0.531. The van der Waals surface area contributed by atoms with Gasteiger partial charge in [-0.05, 0) is 19.3 Å². The Bertz CT molecular complexity index is 198. The van der Waals surface area contributed by atoms with Gasteiger partial charge in [-0.2, -0.15) is 0 Å². The average molecular weight is 215 g/mol. The fourth-order valence-electron chi connectivity index (χ4n) is 1.91. The molecule has 0 aliphatic carbocycles. The highest BCUT2D eigenvalue weighted by Crippen LogP contribution is 2.25. The Hall–Kier alpha value is -0.120. The number of aliphatic hydroxyl groups excluding tert-OH is 1. The maximum absolute atomic E-state index is 10.2. The van der Waals surface area contributed by atoms with Crippen LogP contribution in [0.4, 0.5) is 0 Å². The lowest BCUT2D eigenvalue weighted by molar-refractivity contribution is -0.124. The molecule has 1 N–H and O–H groups in total. The molecule has 2 unspecified atom stereocenters. The third-order valence-corrected chi connectivity index (χ3v) is 3.09. The molecule has 1 rings (SSSR count). The highest BCUT2D eigenvalue weighted by Gasteiger charge is 2.34. The van der Waals surface area contributed by atoms with Crippen molar-refractivity contribution in [1.29, 1.82) is 0 Å². The topological polar surface area (TPSA) is 32.7 Å². The van der Waals surface area contributed by atoms with Crippen LogP contribution in [-0.2, 0) is 4.74 Å². The van der Waals surface area contributed by atoms with E-state index in [1.165, 1.54) is 0 Å². The van der Waals surface area contributed by atoms with Gasteiger partial charge in [-0.1, -0.05) is 20.8 Å². The predicted molar refractivity (Wildman–Crippen MR) is 61.9 cm³/mol. The number of aliphatic hydroxyl groups is 1. The fourth-order valence-corrected chi connectivity index (χ4v) is 1.91. The maximum Gasteiger partial charge on any atom is 0.0966 e. The van der Waals surface area contributed by atoms with Crippen LogP contribution in [0.15, 0.2) is 0 Å². The van der Waals surface area contributed by atoms with Crippen molar-refractivity contribution in [2.24, 2.45) is 5.41 Å². The van der Waals surface area contributed by atoms with E-state index in [4.69, 9.17) is 4.74 Å². The quantitative estimate of drug-likeness (QED) is 0.758. The molecule has 1 aliphatic heterocycles. The molecule has 0 aromatic heterocycles. The molecule has 0 aromatic carbocycles. The minimum Gasteiger partial charge on any atom is -0.390 e. The van der Waals surface area contributed by atoms with Gasteiger partial charge in [-0.15, -0.1) is 0 Å². The number of hydrogen-bond acceptors (Lipinski definition) is 3. The summed E-state index contributed by atoms with van der Waals surface area (Å²) in [4.78, 5) is 2.36. The van der Waals surface area contributed by atoms with E-state index in [-0.39, 0.29) is 17.6 Å². The van der Waals surface area contributed by atoms with Crippen molar-refractivity contribution in [3.63, 3.8) is 0 Å². The molecular formula is C12H25NO2. The first-order chi connectivity index (χ1) is 6.82. The van der Waals surface area contributed by atoms with E-state index in [0.29, 0.717) is 6.04 Å². The van der Waals surface area contributed by atoms with Crippen LogP contribution in [0.2, 0.25) is 0 Å². The van der Waals surface area contributed by atoms with Crippen molar-refractivity contribution in [3.05, 3.63) is 0 Å². The van der Waals surface area contributed by atoms with Crippen LogP contribution in [-0.4, -0.2) is 48.0 Å². The second kappa shape index (κ2) is 4.81. The van der Waals surface area contributed by atoms with Crippen LogP contribution in [0.1, 0.15) is 34.6 Å². The van der Waals surface area contributed by atoms with Crippen LogP contribution in [0.25, 0.3) is 0 Å². The molecule has 2 atom stereocenters. The highest BCUT2D eigenvalue weighted by molar-refractivity contribution is 4.85. The van der Waals surface area contributed by atoms with Gasteiger partial charge in [0.1, 0.15) is 0 Å². The molecule has 0 saturated carbocycles. The first kappa shape index (κ1) is 12.9. The minimum absolute atomic E-state index is 0.0406. The molecule has 0 radical (unpaired) electrons. The van der Waals surface area contributed by atoms with E-state index in [2.05, 4.69) is 39.5 Å². The van der Waals surface area contributed by atoms with Crippen molar-refractivity contribution >= 4 is 0 Å². The largest absolute Gasteiger partial charge is 0.390 e. The van der Waals surface area contributed by atoms with Gasteiger partial charge >= 0.3 is 0 Å². The Morgan fingerprint density at radius 3 is 2.40 bits per heavy atom. The molecule has 0 bridgehead atoms. The number of hydrogen-bond donors (Lipinski definition) is 1. The van der Waals surface area contributed by atoms with Crippen LogP contribution < -0.4 is 0 Å². The molecule has 1 aliphatic rings. The van der Waals surface area contributed by atoms with Crippen molar-refractivity contribution in [2.75, 3.05) is 19.7 Å². The van der Waals surface area contributed by atoms with Gasteiger partial charge in [-0.3, -0.25) is 4.90 Å². The number of morpholine rings is 1. The summed E-state index contributed by atoms with van der Waals surface area (Å²) in [7, 11) is 0. The Labute approximate surface area is 93.4 Å². The molecule has 3 heteroatoms. The zero-order valence-electron chi connectivity index (χ0n) is 10.7. The van der Waals surface area contributed by atoms with Crippen molar-refractivity contribution < 1.29 is 9.84 Å². The SMILES string of the molecule is CC(C)N1CCOC(C(O)C(C)(C)C)C1. The van der Waals surface area contributed by atoms with Gasteiger partial charge in [0.25, 0.3) is 0 Å². The first-order valence-electron chi connectivity index (χ1n) is 5.86. The number of rotatable bonds is 2. The van der Waals surface area contributed by atoms with Gasteiger partial charge in [0, 0.05) is 19.1 Å². The number of ether oxygens (including phenoxy) is 1. The van der Waals surface area contributed by atoms with Crippen molar-refractivity contribution in [3.8, 4) is 0 Å². The summed E-state index contributed by atoms with van der Waals surface area (Å²) in [5.74, 6) is 0. The molecule has 0 spiro atoms. The van der Waals surface area contributed by atoms with Gasteiger partial charge < -0.3 is 9.84 Å². The summed E-state index contributed by atoms with van der Waals surface area (Å²) in [6.45, 7) is 13.1. The molecule has 3 nitrogen and oxygen atoms in total. The predicted octanol–water partition coefficient (Wildman–Crippen LogP) is 1.50. The van der Waals surface area contributed by atoms with E-state index < -0.39 is 0 Å². The molecule has 1 saturated heterocycles. The minimum atomic E-state index is -0.390. The lowest BCUT2D eigenvalue weighted by atomic mass is 9.85. The zero-order valence-corrected chi connectivity index (χ0v) is 10.7. The fraction of sp³-hybridized carbons (Fsp3) is 1.00. The third kappa shape index (κ3) is 3.44. The lowest BCUT2D eigenvalue weighted by Gasteiger charge is -2.41. The molecule has 1 heterocycles.